The highest BCUT2D eigenvalue weighted by atomic mass is 32.1. The Morgan fingerprint density at radius 1 is 1.22 bits per heavy atom. The van der Waals surface area contributed by atoms with Crippen molar-refractivity contribution in [1.82, 2.24) is 4.98 Å². The molecule has 0 atom stereocenters. The van der Waals surface area contributed by atoms with E-state index in [0.717, 1.165) is 10.6 Å². The highest BCUT2D eigenvalue weighted by Gasteiger charge is 2.17. The summed E-state index contributed by atoms with van der Waals surface area (Å²) in [7, 11) is 1.46. The average Bonchev–Trinajstić information content (AvgIpc) is 3.18. The zero-order chi connectivity index (χ0) is 19.4. The van der Waals surface area contributed by atoms with E-state index >= 15 is 0 Å². The third-order valence-electron chi connectivity index (χ3n) is 3.96. The number of carbonyl (C=O) groups is 2. The van der Waals surface area contributed by atoms with Crippen molar-refractivity contribution in [1.29, 1.82) is 0 Å². The fraction of sp³-hybridized carbons (Fsp3) is 0.105. The molecule has 27 heavy (non-hydrogen) atoms. The number of aromatic carboxylic acids is 1. The molecule has 0 aliphatic carbocycles. The molecule has 3 N–H and O–H groups in total. The van der Waals surface area contributed by atoms with Gasteiger partial charge in [-0.15, -0.1) is 11.3 Å². The number of carbonyl (C=O) groups excluding carboxylic acids is 1. The van der Waals surface area contributed by atoms with E-state index in [1.54, 1.807) is 42.0 Å². The molecule has 0 spiro atoms. The van der Waals surface area contributed by atoms with E-state index in [2.05, 4.69) is 4.98 Å². The minimum atomic E-state index is -1.00. The molecule has 1 heterocycles. The largest absolute Gasteiger partial charge is 0.496 e. The topological polar surface area (TPSA) is 106 Å². The van der Waals surface area contributed by atoms with Crippen LogP contribution in [0.4, 0.5) is 11.4 Å². The normalized spacial score (nSPS) is 10.4. The van der Waals surface area contributed by atoms with Crippen molar-refractivity contribution in [2.75, 3.05) is 12.0 Å². The number of methoxy groups -OCH3 is 1. The van der Waals surface area contributed by atoms with Gasteiger partial charge in [0.1, 0.15) is 5.75 Å². The van der Waals surface area contributed by atoms with Gasteiger partial charge in [-0.3, -0.25) is 9.78 Å². The zero-order valence-corrected chi connectivity index (χ0v) is 15.3. The Hall–Kier alpha value is -3.39. The molecule has 3 rings (SSSR count). The molecule has 0 aliphatic heterocycles. The molecule has 7 nitrogen and oxygen atoms in total. The van der Waals surface area contributed by atoms with Crippen molar-refractivity contribution in [3.8, 4) is 5.75 Å². The predicted octanol–water partition coefficient (Wildman–Crippen LogP) is 3.29. The van der Waals surface area contributed by atoms with Crippen molar-refractivity contribution in [2.45, 2.75) is 6.54 Å². The number of amides is 1. The molecule has 1 aromatic heterocycles. The van der Waals surface area contributed by atoms with Gasteiger partial charge in [0, 0.05) is 28.5 Å². The highest BCUT2D eigenvalue weighted by Crippen LogP contribution is 2.33. The minimum Gasteiger partial charge on any atom is -0.496 e. The number of benzene rings is 2. The van der Waals surface area contributed by atoms with Gasteiger partial charge >= 0.3 is 5.97 Å². The smallest absolute Gasteiger partial charge is 0.335 e. The lowest BCUT2D eigenvalue weighted by atomic mass is 10.1. The first-order valence-corrected chi connectivity index (χ1v) is 8.83. The van der Waals surface area contributed by atoms with Crippen LogP contribution in [0, 0.1) is 0 Å². The van der Waals surface area contributed by atoms with Crippen LogP contribution in [0.15, 0.2) is 54.2 Å². The Bertz CT molecular complexity index is 973. The summed E-state index contributed by atoms with van der Waals surface area (Å²) in [5.74, 6) is -1.24. The van der Waals surface area contributed by atoms with Gasteiger partial charge in [-0.05, 0) is 30.3 Å². The fourth-order valence-electron chi connectivity index (χ4n) is 2.67. The molecule has 0 unspecified atom stereocenters. The second-order valence-electron chi connectivity index (χ2n) is 5.66. The molecule has 0 saturated heterocycles. The van der Waals surface area contributed by atoms with Crippen molar-refractivity contribution in [3.05, 3.63) is 70.2 Å². The summed E-state index contributed by atoms with van der Waals surface area (Å²) in [6.07, 6.45) is 1.76. The number of carboxylic acids is 1. The molecular formula is C19H17N3O4S. The van der Waals surface area contributed by atoms with Crippen molar-refractivity contribution < 1.29 is 19.4 Å². The lowest BCUT2D eigenvalue weighted by molar-refractivity contribution is 0.0696. The van der Waals surface area contributed by atoms with Crippen molar-refractivity contribution in [2.24, 2.45) is 5.73 Å². The number of primary amides is 1. The summed E-state index contributed by atoms with van der Waals surface area (Å²) in [6.45, 7) is 0.479. The summed E-state index contributed by atoms with van der Waals surface area (Å²) in [4.78, 5) is 29.9. The van der Waals surface area contributed by atoms with Gasteiger partial charge in [0.2, 0.25) is 0 Å². The van der Waals surface area contributed by atoms with E-state index < -0.39 is 11.9 Å². The number of rotatable bonds is 7. The van der Waals surface area contributed by atoms with Crippen LogP contribution in [0.25, 0.3) is 0 Å². The van der Waals surface area contributed by atoms with Gasteiger partial charge in [0.25, 0.3) is 5.91 Å². The maximum absolute atomic E-state index is 11.6. The number of thiazole rings is 1. The maximum Gasteiger partial charge on any atom is 0.335 e. The molecule has 0 aliphatic rings. The number of ether oxygens (including phenoxy) is 1. The Labute approximate surface area is 159 Å². The van der Waals surface area contributed by atoms with Gasteiger partial charge in [-0.25, -0.2) is 4.79 Å². The Kier molecular flexibility index (Phi) is 5.37. The van der Waals surface area contributed by atoms with Gasteiger partial charge < -0.3 is 20.5 Å². The molecule has 8 heteroatoms. The lowest BCUT2D eigenvalue weighted by Crippen LogP contribution is -2.18. The molecule has 0 radical (unpaired) electrons. The number of carboxylic acid groups (broad SMARTS) is 1. The minimum absolute atomic E-state index is 0.183. The van der Waals surface area contributed by atoms with E-state index in [1.165, 1.54) is 24.5 Å². The van der Waals surface area contributed by atoms with Crippen LogP contribution in [-0.4, -0.2) is 29.1 Å². The Morgan fingerprint density at radius 3 is 2.63 bits per heavy atom. The van der Waals surface area contributed by atoms with Gasteiger partial charge in [-0.1, -0.05) is 6.07 Å². The number of nitrogens with two attached hydrogens (primary N) is 1. The van der Waals surface area contributed by atoms with Crippen molar-refractivity contribution >= 4 is 34.6 Å². The van der Waals surface area contributed by atoms with Crippen LogP contribution in [0.1, 0.15) is 25.6 Å². The Balaban J connectivity index is 2.09. The molecule has 0 fully saturated rings. The molecule has 3 aromatic rings. The number of anilines is 2. The van der Waals surface area contributed by atoms with E-state index in [1.807, 2.05) is 11.0 Å². The molecule has 0 saturated carbocycles. The van der Waals surface area contributed by atoms with Gasteiger partial charge in [0.15, 0.2) is 0 Å². The summed E-state index contributed by atoms with van der Waals surface area (Å²) < 4.78 is 5.30. The number of hydrogen-bond donors (Lipinski definition) is 2. The third-order valence-corrected chi connectivity index (χ3v) is 4.73. The molecule has 2 aromatic carbocycles. The lowest BCUT2D eigenvalue weighted by Gasteiger charge is -2.25. The van der Waals surface area contributed by atoms with Crippen LogP contribution in [-0.2, 0) is 6.54 Å². The summed E-state index contributed by atoms with van der Waals surface area (Å²) in [6, 6.07) is 11.7. The summed E-state index contributed by atoms with van der Waals surface area (Å²) in [5, 5.41) is 9.30. The van der Waals surface area contributed by atoms with Crippen LogP contribution in [0.3, 0.4) is 0 Å². The van der Waals surface area contributed by atoms with E-state index in [0.29, 0.717) is 18.0 Å². The first-order chi connectivity index (χ1) is 13.0. The van der Waals surface area contributed by atoms with Crippen LogP contribution in [0.2, 0.25) is 0 Å². The Morgan fingerprint density at radius 2 is 2.00 bits per heavy atom. The van der Waals surface area contributed by atoms with Crippen LogP contribution >= 0.6 is 11.3 Å². The van der Waals surface area contributed by atoms with E-state index in [9.17, 15) is 14.7 Å². The number of aromatic nitrogens is 1. The van der Waals surface area contributed by atoms with Crippen LogP contribution < -0.4 is 15.4 Å². The summed E-state index contributed by atoms with van der Waals surface area (Å²) in [5.41, 5.74) is 9.00. The maximum atomic E-state index is 11.6. The molecule has 1 amide bonds. The zero-order valence-electron chi connectivity index (χ0n) is 14.5. The summed E-state index contributed by atoms with van der Waals surface area (Å²) >= 11 is 1.49. The highest BCUT2D eigenvalue weighted by molar-refractivity contribution is 7.09. The number of hydrogen-bond acceptors (Lipinski definition) is 6. The van der Waals surface area contributed by atoms with Crippen molar-refractivity contribution in [3.63, 3.8) is 0 Å². The first-order valence-electron chi connectivity index (χ1n) is 7.95. The van der Waals surface area contributed by atoms with E-state index in [-0.39, 0.29) is 11.1 Å². The first kappa shape index (κ1) is 18.4. The van der Waals surface area contributed by atoms with Gasteiger partial charge in [0.05, 0.1) is 30.3 Å². The molecule has 0 bridgehead atoms. The predicted molar refractivity (Wildman–Crippen MR) is 103 cm³/mol. The molecule has 138 valence electrons. The monoisotopic (exact) mass is 383 g/mol. The fourth-order valence-corrected chi connectivity index (χ4v) is 3.25. The second kappa shape index (κ2) is 7.88. The second-order valence-corrected chi connectivity index (χ2v) is 6.63. The quantitative estimate of drug-likeness (QED) is 0.648. The molecular weight excluding hydrogens is 366 g/mol. The third kappa shape index (κ3) is 4.06. The number of nitrogens with zero attached hydrogens (tertiary/aromatic N) is 2. The van der Waals surface area contributed by atoms with Gasteiger partial charge in [-0.2, -0.15) is 0 Å². The van der Waals surface area contributed by atoms with Crippen LogP contribution in [0.5, 0.6) is 5.75 Å². The standard InChI is InChI=1S/C19H17N3O4S/c1-26-17-8-14(5-6-16(17)18(20)23)22(10-15-9-21-11-27-15)13-4-2-3-12(7-13)19(24)25/h2-9,11H,10H2,1H3,(H2,20,23)(H,24,25). The average molecular weight is 383 g/mol. The van der Waals surface area contributed by atoms with E-state index in [4.69, 9.17) is 10.5 Å². The SMILES string of the molecule is COc1cc(N(Cc2cncs2)c2cccc(C(=O)O)c2)ccc1C(N)=O.